The van der Waals surface area contributed by atoms with Crippen LogP contribution in [0.4, 0.5) is 25.9 Å². The molecule has 46 heavy (non-hydrogen) atoms. The molecule has 0 bridgehead atoms. The third-order valence-electron chi connectivity index (χ3n) is 7.71. The van der Waals surface area contributed by atoms with Crippen LogP contribution in [0.15, 0.2) is 60.7 Å². The lowest BCUT2D eigenvalue weighted by atomic mass is 9.83. The predicted octanol–water partition coefficient (Wildman–Crippen LogP) is 6.52. The smallest absolute Gasteiger partial charge is 0.416 e. The zero-order valence-electron chi connectivity index (χ0n) is 27.1. The van der Waals surface area contributed by atoms with Crippen molar-refractivity contribution in [2.45, 2.75) is 77.7 Å². The number of carbonyl (C=O) groups excluding carboxylic acids is 3. The molecule has 0 radical (unpaired) electrons. The number of fused-ring (bicyclic) bond motifs is 1. The van der Waals surface area contributed by atoms with Crippen molar-refractivity contribution in [3.63, 3.8) is 0 Å². The number of hydrogen-bond donors (Lipinski definition) is 1. The minimum Gasteiger partial charge on any atom is -0.507 e. The van der Waals surface area contributed by atoms with Gasteiger partial charge in [0.15, 0.2) is 5.82 Å². The molecule has 3 amide bonds. The summed E-state index contributed by atoms with van der Waals surface area (Å²) in [5, 5.41) is 19.3. The van der Waals surface area contributed by atoms with E-state index in [1.165, 1.54) is 11.0 Å². The van der Waals surface area contributed by atoms with E-state index in [0.29, 0.717) is 24.1 Å². The summed E-state index contributed by atoms with van der Waals surface area (Å²) in [6.07, 6.45) is -1.13. The van der Waals surface area contributed by atoms with Crippen LogP contribution in [-0.2, 0) is 20.8 Å². The molecule has 1 saturated heterocycles. The summed E-state index contributed by atoms with van der Waals surface area (Å²) in [5.41, 5.74) is -0.777. The maximum atomic E-state index is 14.1. The molecule has 2 aliphatic heterocycles. The second-order valence-electron chi connectivity index (χ2n) is 13.6. The van der Waals surface area contributed by atoms with Gasteiger partial charge in [0.2, 0.25) is 0 Å². The summed E-state index contributed by atoms with van der Waals surface area (Å²) in [7, 11) is 0. The SMILES string of the molecule is CC(C)(C)OC(=O)N1CC2(CCN(C(=O)OCc3ccccc3)CC2)N(C(=O)OC(C)(C)C)c2cc(-c3ccccc3O)nnc21. The molecule has 0 aliphatic carbocycles. The van der Waals surface area contributed by atoms with Crippen LogP contribution in [0.2, 0.25) is 0 Å². The van der Waals surface area contributed by atoms with Crippen molar-refractivity contribution in [1.29, 1.82) is 0 Å². The van der Waals surface area contributed by atoms with Gasteiger partial charge in [-0.25, -0.2) is 14.4 Å². The Bertz CT molecular complexity index is 1590. The van der Waals surface area contributed by atoms with Crippen LogP contribution in [-0.4, -0.2) is 74.9 Å². The third kappa shape index (κ3) is 7.16. The average Bonchev–Trinajstić information content (AvgIpc) is 2.98. The number of hydrogen-bond acceptors (Lipinski definition) is 9. The number of carbonyl (C=O) groups is 3. The fourth-order valence-corrected chi connectivity index (χ4v) is 5.61. The summed E-state index contributed by atoms with van der Waals surface area (Å²) in [4.78, 5) is 45.4. The molecular formula is C34H41N5O7. The number of likely N-dealkylation sites (tertiary alicyclic amines) is 1. The van der Waals surface area contributed by atoms with Crippen LogP contribution < -0.4 is 9.80 Å². The lowest BCUT2D eigenvalue weighted by Gasteiger charge is -2.52. The molecule has 1 N–H and O–H groups in total. The quantitative estimate of drug-likeness (QED) is 0.321. The molecule has 0 unspecified atom stereocenters. The molecule has 1 aromatic heterocycles. The molecule has 12 heteroatoms. The maximum absolute atomic E-state index is 14.1. The molecule has 3 heterocycles. The van der Waals surface area contributed by atoms with Gasteiger partial charge < -0.3 is 24.2 Å². The Hall–Kier alpha value is -4.87. The zero-order valence-corrected chi connectivity index (χ0v) is 27.1. The number of ether oxygens (including phenoxy) is 3. The highest BCUT2D eigenvalue weighted by atomic mass is 16.6. The van der Waals surface area contributed by atoms with E-state index < -0.39 is 35.0 Å². The minimum absolute atomic E-state index is 0.0163. The molecular weight excluding hydrogens is 590 g/mol. The number of aromatic nitrogens is 2. The number of phenolic OH excluding ortho intramolecular Hbond substituents is 1. The fourth-order valence-electron chi connectivity index (χ4n) is 5.61. The van der Waals surface area contributed by atoms with Crippen LogP contribution >= 0.6 is 0 Å². The predicted molar refractivity (Wildman–Crippen MR) is 172 cm³/mol. The van der Waals surface area contributed by atoms with Crippen LogP contribution in [0.5, 0.6) is 5.75 Å². The Morgan fingerprint density at radius 3 is 2.07 bits per heavy atom. The van der Waals surface area contributed by atoms with Crippen LogP contribution in [0.25, 0.3) is 11.3 Å². The lowest BCUT2D eigenvalue weighted by Crippen LogP contribution is -2.67. The van der Waals surface area contributed by atoms with Crippen LogP contribution in [0, 0.1) is 0 Å². The van der Waals surface area contributed by atoms with Gasteiger partial charge in [0.05, 0.1) is 23.5 Å². The van der Waals surface area contributed by atoms with Gasteiger partial charge in [-0.3, -0.25) is 9.80 Å². The minimum atomic E-state index is -0.999. The first-order valence-corrected chi connectivity index (χ1v) is 15.3. The van der Waals surface area contributed by atoms with E-state index in [1.54, 1.807) is 75.6 Å². The molecule has 2 aromatic carbocycles. The second kappa shape index (κ2) is 12.5. The number of para-hydroxylation sites is 1. The topological polar surface area (TPSA) is 135 Å². The number of phenols is 1. The Morgan fingerprint density at radius 1 is 0.826 bits per heavy atom. The number of amides is 3. The summed E-state index contributed by atoms with van der Waals surface area (Å²) in [5.74, 6) is 0.104. The third-order valence-corrected chi connectivity index (χ3v) is 7.71. The Labute approximate surface area is 268 Å². The molecule has 12 nitrogen and oxygen atoms in total. The van der Waals surface area contributed by atoms with Gasteiger partial charge in [0.25, 0.3) is 0 Å². The van der Waals surface area contributed by atoms with Gasteiger partial charge in [-0.2, -0.15) is 0 Å². The van der Waals surface area contributed by atoms with E-state index in [2.05, 4.69) is 10.2 Å². The number of piperidine rings is 1. The maximum Gasteiger partial charge on any atom is 0.416 e. The normalized spacial score (nSPS) is 16.1. The van der Waals surface area contributed by atoms with Gasteiger partial charge in [-0.1, -0.05) is 42.5 Å². The van der Waals surface area contributed by atoms with Gasteiger partial charge in [-0.15, -0.1) is 10.2 Å². The van der Waals surface area contributed by atoms with E-state index >= 15 is 0 Å². The number of rotatable bonds is 3. The monoisotopic (exact) mass is 631 g/mol. The first-order valence-electron chi connectivity index (χ1n) is 15.3. The van der Waals surface area contributed by atoms with Crippen molar-refractivity contribution in [3.8, 4) is 17.0 Å². The first-order chi connectivity index (χ1) is 21.7. The first kappa shape index (κ1) is 32.5. The number of anilines is 2. The molecule has 0 atom stereocenters. The van der Waals surface area contributed by atoms with Crippen molar-refractivity contribution in [2.24, 2.45) is 0 Å². The van der Waals surface area contributed by atoms with E-state index in [1.807, 2.05) is 30.3 Å². The summed E-state index contributed by atoms with van der Waals surface area (Å²) in [6, 6.07) is 17.7. The molecule has 5 rings (SSSR count). The molecule has 244 valence electrons. The summed E-state index contributed by atoms with van der Waals surface area (Å²) < 4.78 is 17.3. The van der Waals surface area contributed by atoms with Crippen molar-refractivity contribution < 1.29 is 33.7 Å². The standard InChI is InChI=1S/C34H41N5O7/c1-32(2,3)45-30(42)38-22-34(16-18-37(19-17-34)29(41)44-21-23-12-8-7-9-13-23)39(31(43)46-33(4,5)6)26-20-25(35-36-28(26)38)24-14-10-11-15-27(24)40/h7-15,20,40H,16-19,21-22H2,1-6H3. The summed E-state index contributed by atoms with van der Waals surface area (Å²) in [6.45, 7) is 11.3. The Morgan fingerprint density at radius 2 is 1.43 bits per heavy atom. The van der Waals surface area contributed by atoms with Crippen molar-refractivity contribution >= 4 is 29.8 Å². The second-order valence-corrected chi connectivity index (χ2v) is 13.6. The molecule has 0 saturated carbocycles. The molecule has 2 aliphatic rings. The van der Waals surface area contributed by atoms with Gasteiger partial charge >= 0.3 is 18.3 Å². The Kier molecular flexibility index (Phi) is 8.83. The average molecular weight is 632 g/mol. The van der Waals surface area contributed by atoms with Crippen LogP contribution in [0.1, 0.15) is 59.9 Å². The van der Waals surface area contributed by atoms with Gasteiger partial charge in [-0.05, 0) is 78.1 Å². The molecule has 3 aromatic rings. The zero-order chi connectivity index (χ0) is 33.3. The number of benzene rings is 2. The number of aromatic hydroxyl groups is 1. The largest absolute Gasteiger partial charge is 0.507 e. The highest BCUT2D eigenvalue weighted by Gasteiger charge is 2.53. The van der Waals surface area contributed by atoms with E-state index in [9.17, 15) is 19.5 Å². The van der Waals surface area contributed by atoms with Crippen molar-refractivity contribution in [2.75, 3.05) is 29.4 Å². The highest BCUT2D eigenvalue weighted by molar-refractivity contribution is 6.01. The Balaban J connectivity index is 1.54. The van der Waals surface area contributed by atoms with E-state index in [4.69, 9.17) is 14.2 Å². The van der Waals surface area contributed by atoms with Gasteiger partial charge in [0, 0.05) is 18.7 Å². The van der Waals surface area contributed by atoms with Crippen LogP contribution in [0.3, 0.4) is 0 Å². The highest BCUT2D eigenvalue weighted by Crippen LogP contribution is 2.46. The molecule has 1 fully saturated rings. The lowest BCUT2D eigenvalue weighted by molar-refractivity contribution is 0.0423. The number of nitrogens with zero attached hydrogens (tertiary/aromatic N) is 5. The van der Waals surface area contributed by atoms with Gasteiger partial charge in [0.1, 0.15) is 23.6 Å². The van der Waals surface area contributed by atoms with E-state index in [-0.39, 0.29) is 43.5 Å². The summed E-state index contributed by atoms with van der Waals surface area (Å²) >= 11 is 0. The van der Waals surface area contributed by atoms with Crippen molar-refractivity contribution in [3.05, 3.63) is 66.2 Å². The van der Waals surface area contributed by atoms with E-state index in [0.717, 1.165) is 5.56 Å². The molecule has 1 spiro atoms. The fraction of sp³-hybridized carbons (Fsp3) is 0.441. The van der Waals surface area contributed by atoms with Crippen molar-refractivity contribution in [1.82, 2.24) is 15.1 Å².